The van der Waals surface area contributed by atoms with Crippen molar-refractivity contribution in [3.63, 3.8) is 0 Å². The quantitative estimate of drug-likeness (QED) is 0.556. The number of hydrogen-bond acceptors (Lipinski definition) is 7. The molecule has 9 heteroatoms. The van der Waals surface area contributed by atoms with E-state index in [4.69, 9.17) is 10.8 Å². The van der Waals surface area contributed by atoms with Gasteiger partial charge in [0.05, 0.1) is 23.5 Å². The van der Waals surface area contributed by atoms with Gasteiger partial charge in [-0.25, -0.2) is 4.39 Å². The molecule has 1 saturated heterocycles. The zero-order chi connectivity index (χ0) is 22.0. The first kappa shape index (κ1) is 21.0. The molecule has 0 spiro atoms. The fraction of sp³-hybridized carbons (Fsp3) is 0.318. The van der Waals surface area contributed by atoms with Crippen LogP contribution in [0.1, 0.15) is 16.1 Å². The number of β-amino-alcohol motifs (C(OH)–C–C–N with tert-alkyl or cyclic N) is 1. The zero-order valence-electron chi connectivity index (χ0n) is 17.3. The maximum atomic E-state index is 14.4. The third-order valence-corrected chi connectivity index (χ3v) is 5.52. The van der Waals surface area contributed by atoms with Crippen molar-refractivity contribution in [3.8, 4) is 0 Å². The topological polar surface area (TPSA) is 108 Å². The van der Waals surface area contributed by atoms with Gasteiger partial charge in [-0.3, -0.25) is 9.69 Å². The van der Waals surface area contributed by atoms with Crippen molar-refractivity contribution >= 4 is 33.9 Å². The molecule has 0 bridgehead atoms. The summed E-state index contributed by atoms with van der Waals surface area (Å²) in [4.78, 5) is 16.4. The molecule has 4 N–H and O–H groups in total. The highest BCUT2D eigenvalue weighted by Crippen LogP contribution is 2.31. The zero-order valence-corrected chi connectivity index (χ0v) is 17.3. The number of carbonyl (C=O) groups excluding carboxylic acids is 1. The van der Waals surface area contributed by atoms with Crippen molar-refractivity contribution in [2.75, 3.05) is 49.5 Å². The van der Waals surface area contributed by atoms with Gasteiger partial charge in [0, 0.05) is 43.8 Å². The number of hydrogen-bond donors (Lipinski definition) is 3. The number of fused-ring (bicyclic) bond motifs is 1. The molecule has 0 radical (unpaired) electrons. The molecule has 1 amide bonds. The number of aromatic nitrogens is 2. The number of piperazine rings is 1. The van der Waals surface area contributed by atoms with Crippen LogP contribution in [0.4, 0.5) is 21.5 Å². The van der Waals surface area contributed by atoms with Crippen molar-refractivity contribution in [1.29, 1.82) is 0 Å². The standard InChI is InChI=1S/C22H25FN6O2/c1-14-2-5-18(17(23)12-14)25-20-16-4-3-15(13-19(16)26-27-21(20)22(24)31)29-8-6-28(7-9-29)10-11-30/h2-5,12-13,30H,6-11H2,1H3,(H2,24,31)(H,25,26). The highest BCUT2D eigenvalue weighted by atomic mass is 19.1. The van der Waals surface area contributed by atoms with Crippen LogP contribution in [0, 0.1) is 12.7 Å². The maximum absolute atomic E-state index is 14.4. The van der Waals surface area contributed by atoms with Crippen LogP contribution >= 0.6 is 0 Å². The van der Waals surface area contributed by atoms with Gasteiger partial charge in [0.1, 0.15) is 5.82 Å². The van der Waals surface area contributed by atoms with Crippen LogP contribution in [0.3, 0.4) is 0 Å². The maximum Gasteiger partial charge on any atom is 0.271 e. The van der Waals surface area contributed by atoms with Crippen LogP contribution in [0.15, 0.2) is 36.4 Å². The molecule has 3 aromatic rings. The first-order valence-corrected chi connectivity index (χ1v) is 10.2. The molecule has 4 rings (SSSR count). The molecule has 1 fully saturated rings. The monoisotopic (exact) mass is 424 g/mol. The second kappa shape index (κ2) is 8.83. The van der Waals surface area contributed by atoms with E-state index in [0.717, 1.165) is 37.4 Å². The summed E-state index contributed by atoms with van der Waals surface area (Å²) < 4.78 is 14.4. The lowest BCUT2D eigenvalue weighted by Crippen LogP contribution is -2.47. The van der Waals surface area contributed by atoms with E-state index in [1.165, 1.54) is 6.07 Å². The first-order chi connectivity index (χ1) is 15.0. The lowest BCUT2D eigenvalue weighted by Gasteiger charge is -2.35. The van der Waals surface area contributed by atoms with Gasteiger partial charge in [0.15, 0.2) is 5.69 Å². The highest BCUT2D eigenvalue weighted by molar-refractivity contribution is 6.06. The van der Waals surface area contributed by atoms with Gasteiger partial charge in [-0.1, -0.05) is 6.07 Å². The van der Waals surface area contributed by atoms with Crippen molar-refractivity contribution in [2.24, 2.45) is 5.73 Å². The number of carbonyl (C=O) groups is 1. The number of primary amides is 1. The number of halogens is 1. The second-order valence-corrected chi connectivity index (χ2v) is 7.65. The molecule has 2 aromatic carbocycles. The van der Waals surface area contributed by atoms with Crippen molar-refractivity contribution in [3.05, 3.63) is 53.5 Å². The van der Waals surface area contributed by atoms with Crippen LogP contribution in [-0.2, 0) is 0 Å². The van der Waals surface area contributed by atoms with E-state index in [1.807, 2.05) is 18.2 Å². The number of aliphatic hydroxyl groups is 1. The smallest absolute Gasteiger partial charge is 0.271 e. The number of rotatable bonds is 6. The summed E-state index contributed by atoms with van der Waals surface area (Å²) in [6.45, 7) is 6.03. The Balaban J connectivity index is 1.68. The number of benzene rings is 2. The van der Waals surface area contributed by atoms with Gasteiger partial charge >= 0.3 is 0 Å². The molecule has 2 heterocycles. The molecule has 1 aliphatic rings. The summed E-state index contributed by atoms with van der Waals surface area (Å²) in [5, 5.41) is 20.9. The summed E-state index contributed by atoms with van der Waals surface area (Å²) in [6.07, 6.45) is 0. The van der Waals surface area contributed by atoms with Gasteiger partial charge in [-0.2, -0.15) is 0 Å². The molecule has 31 heavy (non-hydrogen) atoms. The minimum absolute atomic E-state index is 0.0437. The molecule has 0 saturated carbocycles. The molecular formula is C22H25FN6O2. The lowest BCUT2D eigenvalue weighted by atomic mass is 10.1. The minimum atomic E-state index is -0.742. The summed E-state index contributed by atoms with van der Waals surface area (Å²) in [7, 11) is 0. The average molecular weight is 424 g/mol. The lowest BCUT2D eigenvalue weighted by molar-refractivity contribution is 0.0995. The Kier molecular flexibility index (Phi) is 5.97. The van der Waals surface area contributed by atoms with Gasteiger partial charge in [0.2, 0.25) is 0 Å². The molecule has 0 aliphatic carbocycles. The number of aliphatic hydroxyl groups excluding tert-OH is 1. The molecule has 1 aliphatic heterocycles. The molecule has 0 unspecified atom stereocenters. The van der Waals surface area contributed by atoms with E-state index in [9.17, 15) is 9.18 Å². The highest BCUT2D eigenvalue weighted by Gasteiger charge is 2.20. The number of nitrogens with two attached hydrogens (primary N) is 1. The van der Waals surface area contributed by atoms with Crippen LogP contribution in [0.2, 0.25) is 0 Å². The van der Waals surface area contributed by atoms with E-state index in [0.29, 0.717) is 23.1 Å². The minimum Gasteiger partial charge on any atom is -0.395 e. The Morgan fingerprint density at radius 3 is 2.61 bits per heavy atom. The van der Waals surface area contributed by atoms with Gasteiger partial charge in [0.25, 0.3) is 5.91 Å². The number of nitrogens with one attached hydrogen (secondary N) is 1. The molecular weight excluding hydrogens is 399 g/mol. The van der Waals surface area contributed by atoms with Crippen molar-refractivity contribution in [2.45, 2.75) is 6.92 Å². The number of nitrogens with zero attached hydrogens (tertiary/aromatic N) is 4. The molecule has 8 nitrogen and oxygen atoms in total. The number of aryl methyl sites for hydroxylation is 1. The van der Waals surface area contributed by atoms with E-state index in [1.54, 1.807) is 19.1 Å². The summed E-state index contributed by atoms with van der Waals surface area (Å²) in [6, 6.07) is 10.5. The largest absolute Gasteiger partial charge is 0.395 e. The van der Waals surface area contributed by atoms with Crippen LogP contribution in [0.5, 0.6) is 0 Å². The Bertz CT molecular complexity index is 1110. The fourth-order valence-corrected chi connectivity index (χ4v) is 3.82. The van der Waals surface area contributed by atoms with Crippen LogP contribution in [0.25, 0.3) is 10.9 Å². The third kappa shape index (κ3) is 4.42. The van der Waals surface area contributed by atoms with E-state index in [-0.39, 0.29) is 18.0 Å². The van der Waals surface area contributed by atoms with Crippen LogP contribution in [-0.4, -0.2) is 65.4 Å². The first-order valence-electron chi connectivity index (χ1n) is 10.2. The third-order valence-electron chi connectivity index (χ3n) is 5.52. The SMILES string of the molecule is Cc1ccc(Nc2c(C(N)=O)nnc3cc(N4CCN(CCO)CC4)ccc23)c(F)c1. The summed E-state index contributed by atoms with van der Waals surface area (Å²) in [5.74, 6) is -1.17. The Morgan fingerprint density at radius 1 is 1.16 bits per heavy atom. The average Bonchev–Trinajstić information content (AvgIpc) is 2.76. The van der Waals surface area contributed by atoms with Gasteiger partial charge in [-0.05, 0) is 42.8 Å². The van der Waals surface area contributed by atoms with Crippen molar-refractivity contribution < 1.29 is 14.3 Å². The van der Waals surface area contributed by atoms with Crippen LogP contribution < -0.4 is 16.0 Å². The van der Waals surface area contributed by atoms with E-state index < -0.39 is 11.7 Å². The predicted molar refractivity (Wildman–Crippen MR) is 118 cm³/mol. The molecule has 0 atom stereocenters. The van der Waals surface area contributed by atoms with Crippen molar-refractivity contribution in [1.82, 2.24) is 15.1 Å². The summed E-state index contributed by atoms with van der Waals surface area (Å²) >= 11 is 0. The predicted octanol–water partition coefficient (Wildman–Crippen LogP) is 2.03. The normalized spacial score (nSPS) is 14.7. The Hall–Kier alpha value is -3.30. The Labute approximate surface area is 179 Å². The van der Waals surface area contributed by atoms with Gasteiger partial charge in [-0.15, -0.1) is 10.2 Å². The Morgan fingerprint density at radius 2 is 1.94 bits per heavy atom. The fourth-order valence-electron chi connectivity index (χ4n) is 3.82. The van der Waals surface area contributed by atoms with E-state index in [2.05, 4.69) is 25.3 Å². The summed E-state index contributed by atoms with van der Waals surface area (Å²) in [5.41, 5.74) is 8.38. The number of anilines is 3. The second-order valence-electron chi connectivity index (χ2n) is 7.65. The number of amides is 1. The molecule has 162 valence electrons. The molecule has 1 aromatic heterocycles. The van der Waals surface area contributed by atoms with Gasteiger partial charge < -0.3 is 21.1 Å². The van der Waals surface area contributed by atoms with E-state index >= 15 is 0 Å².